The summed E-state index contributed by atoms with van der Waals surface area (Å²) in [5, 5.41) is 3.58. The lowest BCUT2D eigenvalue weighted by Crippen LogP contribution is -2.21. The van der Waals surface area contributed by atoms with Crippen LogP contribution < -0.4 is 11.1 Å². The van der Waals surface area contributed by atoms with Gasteiger partial charge in [-0.25, -0.2) is 0 Å². The van der Waals surface area contributed by atoms with Gasteiger partial charge in [0.25, 0.3) is 0 Å². The number of rotatable bonds is 5. The lowest BCUT2D eigenvalue weighted by atomic mass is 10.1. The Morgan fingerprint density at radius 1 is 1.47 bits per heavy atom. The lowest BCUT2D eigenvalue weighted by molar-refractivity contribution is 0.623. The summed E-state index contributed by atoms with van der Waals surface area (Å²) in [4.78, 5) is 0. The Kier molecular flexibility index (Phi) is 3.27. The quantitative estimate of drug-likeness (QED) is 0.722. The van der Waals surface area contributed by atoms with Gasteiger partial charge in [-0.1, -0.05) is 25.5 Å². The van der Waals surface area contributed by atoms with Gasteiger partial charge in [0.15, 0.2) is 0 Å². The first kappa shape index (κ1) is 10.5. The minimum atomic E-state index is 0.788. The van der Waals surface area contributed by atoms with Crippen LogP contribution in [0.3, 0.4) is 0 Å². The summed E-state index contributed by atoms with van der Waals surface area (Å²) < 4.78 is 0. The van der Waals surface area contributed by atoms with E-state index in [4.69, 9.17) is 5.73 Å². The zero-order valence-corrected chi connectivity index (χ0v) is 9.37. The van der Waals surface area contributed by atoms with Crippen LogP contribution in [0.2, 0.25) is 0 Å². The highest BCUT2D eigenvalue weighted by Crippen LogP contribution is 2.32. The molecule has 2 nitrogen and oxygen atoms in total. The normalized spacial score (nSPS) is 24.1. The molecular formula is C13H20N2. The topological polar surface area (TPSA) is 38.0 Å². The van der Waals surface area contributed by atoms with Crippen LogP contribution in [0.15, 0.2) is 24.3 Å². The van der Waals surface area contributed by atoms with Crippen molar-refractivity contribution in [3.8, 4) is 0 Å². The van der Waals surface area contributed by atoms with Crippen molar-refractivity contribution in [1.82, 2.24) is 5.32 Å². The molecule has 82 valence electrons. The molecule has 0 amide bonds. The molecule has 1 saturated carbocycles. The van der Waals surface area contributed by atoms with Crippen LogP contribution in [0.4, 0.5) is 5.69 Å². The summed E-state index contributed by atoms with van der Waals surface area (Å²) in [5.74, 6) is 0.936. The molecule has 2 atom stereocenters. The second-order valence-electron chi connectivity index (χ2n) is 4.46. The predicted octanol–water partition coefficient (Wildman–Crippen LogP) is 2.20. The van der Waals surface area contributed by atoms with E-state index in [9.17, 15) is 0 Å². The molecule has 1 aromatic carbocycles. The molecule has 0 heterocycles. The standard InChI is InChI=1S/C13H20N2/c1-2-11-9-13(11)15-7-6-10-4-3-5-12(14)8-10/h3-5,8,11,13,15H,2,6-7,9,14H2,1H3. The third-order valence-corrected chi connectivity index (χ3v) is 3.22. The van der Waals surface area contributed by atoms with Gasteiger partial charge in [0.1, 0.15) is 0 Å². The maximum atomic E-state index is 5.73. The van der Waals surface area contributed by atoms with Gasteiger partial charge < -0.3 is 11.1 Å². The van der Waals surface area contributed by atoms with E-state index in [1.807, 2.05) is 12.1 Å². The Morgan fingerprint density at radius 2 is 2.33 bits per heavy atom. The minimum absolute atomic E-state index is 0.788. The van der Waals surface area contributed by atoms with E-state index in [0.29, 0.717) is 0 Å². The Labute approximate surface area is 91.9 Å². The highest BCUT2D eigenvalue weighted by molar-refractivity contribution is 5.40. The van der Waals surface area contributed by atoms with E-state index in [0.717, 1.165) is 30.6 Å². The van der Waals surface area contributed by atoms with Gasteiger partial charge in [0.2, 0.25) is 0 Å². The number of hydrogen-bond acceptors (Lipinski definition) is 2. The maximum Gasteiger partial charge on any atom is 0.0316 e. The van der Waals surface area contributed by atoms with E-state index in [1.165, 1.54) is 18.4 Å². The molecule has 0 radical (unpaired) electrons. The Morgan fingerprint density at radius 3 is 3.00 bits per heavy atom. The molecule has 1 fully saturated rings. The second-order valence-corrected chi connectivity index (χ2v) is 4.46. The Hall–Kier alpha value is -1.02. The first-order valence-electron chi connectivity index (χ1n) is 5.87. The van der Waals surface area contributed by atoms with Crippen LogP contribution in [0.25, 0.3) is 0 Å². The number of hydrogen-bond donors (Lipinski definition) is 2. The molecule has 0 aromatic heterocycles. The zero-order chi connectivity index (χ0) is 10.7. The number of nitrogens with two attached hydrogens (primary N) is 1. The van der Waals surface area contributed by atoms with Gasteiger partial charge in [-0.05, 0) is 43.0 Å². The van der Waals surface area contributed by atoms with Gasteiger partial charge in [0.05, 0.1) is 0 Å². The monoisotopic (exact) mass is 204 g/mol. The van der Waals surface area contributed by atoms with E-state index in [-0.39, 0.29) is 0 Å². The second kappa shape index (κ2) is 4.67. The Bertz CT molecular complexity index is 322. The van der Waals surface area contributed by atoms with Crippen molar-refractivity contribution in [2.75, 3.05) is 12.3 Å². The van der Waals surface area contributed by atoms with Crippen molar-refractivity contribution in [3.63, 3.8) is 0 Å². The van der Waals surface area contributed by atoms with Gasteiger partial charge in [-0.2, -0.15) is 0 Å². The van der Waals surface area contributed by atoms with Crippen LogP contribution in [-0.4, -0.2) is 12.6 Å². The highest BCUT2D eigenvalue weighted by Gasteiger charge is 2.34. The van der Waals surface area contributed by atoms with Crippen LogP contribution in [0.1, 0.15) is 25.3 Å². The fraction of sp³-hybridized carbons (Fsp3) is 0.538. The van der Waals surface area contributed by atoms with Crippen molar-refractivity contribution in [2.24, 2.45) is 5.92 Å². The summed E-state index contributed by atoms with van der Waals surface area (Å²) in [6.45, 7) is 3.34. The van der Waals surface area contributed by atoms with E-state index in [2.05, 4.69) is 24.4 Å². The fourth-order valence-electron chi connectivity index (χ4n) is 2.10. The summed E-state index contributed by atoms with van der Waals surface area (Å²) >= 11 is 0. The largest absolute Gasteiger partial charge is 0.399 e. The maximum absolute atomic E-state index is 5.73. The molecule has 0 aliphatic heterocycles. The molecule has 15 heavy (non-hydrogen) atoms. The molecular weight excluding hydrogens is 184 g/mol. The van der Waals surface area contributed by atoms with Crippen molar-refractivity contribution in [3.05, 3.63) is 29.8 Å². The smallest absolute Gasteiger partial charge is 0.0316 e. The average Bonchev–Trinajstić information content (AvgIpc) is 2.97. The zero-order valence-electron chi connectivity index (χ0n) is 9.37. The molecule has 0 spiro atoms. The molecule has 3 N–H and O–H groups in total. The fourth-order valence-corrected chi connectivity index (χ4v) is 2.10. The molecule has 1 aliphatic carbocycles. The first-order chi connectivity index (χ1) is 7.29. The number of anilines is 1. The summed E-state index contributed by atoms with van der Waals surface area (Å²) in [6, 6.07) is 8.95. The molecule has 0 saturated heterocycles. The summed E-state index contributed by atoms with van der Waals surface area (Å²) in [7, 11) is 0. The number of benzene rings is 1. The van der Waals surface area contributed by atoms with Crippen molar-refractivity contribution in [2.45, 2.75) is 32.2 Å². The van der Waals surface area contributed by atoms with Crippen molar-refractivity contribution < 1.29 is 0 Å². The van der Waals surface area contributed by atoms with Crippen molar-refractivity contribution in [1.29, 1.82) is 0 Å². The molecule has 2 rings (SSSR count). The van der Waals surface area contributed by atoms with Crippen molar-refractivity contribution >= 4 is 5.69 Å². The van der Waals surface area contributed by atoms with Gasteiger partial charge in [-0.15, -0.1) is 0 Å². The Balaban J connectivity index is 1.70. The average molecular weight is 204 g/mol. The third kappa shape index (κ3) is 2.96. The first-order valence-corrected chi connectivity index (χ1v) is 5.87. The van der Waals surface area contributed by atoms with E-state index < -0.39 is 0 Å². The van der Waals surface area contributed by atoms with Crippen LogP contribution >= 0.6 is 0 Å². The number of nitrogens with one attached hydrogen (secondary N) is 1. The van der Waals surface area contributed by atoms with Crippen LogP contribution in [0, 0.1) is 5.92 Å². The van der Waals surface area contributed by atoms with Crippen LogP contribution in [-0.2, 0) is 6.42 Å². The van der Waals surface area contributed by atoms with E-state index in [1.54, 1.807) is 0 Å². The molecule has 0 bridgehead atoms. The summed E-state index contributed by atoms with van der Waals surface area (Å²) in [5.41, 5.74) is 7.92. The predicted molar refractivity (Wildman–Crippen MR) is 64.7 cm³/mol. The minimum Gasteiger partial charge on any atom is -0.399 e. The molecule has 1 aliphatic rings. The molecule has 1 aromatic rings. The highest BCUT2D eigenvalue weighted by atomic mass is 15.0. The molecule has 2 heteroatoms. The number of nitrogen functional groups attached to an aromatic ring is 1. The van der Waals surface area contributed by atoms with Crippen LogP contribution in [0.5, 0.6) is 0 Å². The lowest BCUT2D eigenvalue weighted by Gasteiger charge is -2.04. The van der Waals surface area contributed by atoms with E-state index >= 15 is 0 Å². The molecule has 2 unspecified atom stereocenters. The summed E-state index contributed by atoms with van der Waals surface area (Å²) in [6.07, 6.45) is 3.77. The van der Waals surface area contributed by atoms with Gasteiger partial charge in [-0.3, -0.25) is 0 Å². The SMILES string of the molecule is CCC1CC1NCCc1cccc(N)c1. The van der Waals surface area contributed by atoms with Gasteiger partial charge in [0, 0.05) is 11.7 Å². The third-order valence-electron chi connectivity index (χ3n) is 3.22. The van der Waals surface area contributed by atoms with Gasteiger partial charge >= 0.3 is 0 Å².